The zero-order valence-electron chi connectivity index (χ0n) is 15.3. The second kappa shape index (κ2) is 8.49. The molecule has 0 bridgehead atoms. The summed E-state index contributed by atoms with van der Waals surface area (Å²) in [5.74, 6) is 1.45. The van der Waals surface area contributed by atoms with E-state index >= 15 is 0 Å². The number of rotatable bonds is 6. The number of likely N-dealkylation sites (tertiary alicyclic amines) is 1. The third kappa shape index (κ3) is 4.33. The molecule has 6 nitrogen and oxygen atoms in total. The van der Waals surface area contributed by atoms with E-state index in [9.17, 15) is 9.59 Å². The largest absolute Gasteiger partial charge is 0.440 e. The predicted octanol–water partition coefficient (Wildman–Crippen LogP) is 3.02. The lowest BCUT2D eigenvalue weighted by Gasteiger charge is -2.31. The Hall–Kier alpha value is -2.15. The molecule has 2 aromatic heterocycles. The Morgan fingerprint density at radius 3 is 2.81 bits per heavy atom. The Labute approximate surface area is 157 Å². The molecule has 3 heterocycles. The van der Waals surface area contributed by atoms with E-state index in [-0.39, 0.29) is 24.2 Å². The average molecular weight is 375 g/mol. The van der Waals surface area contributed by atoms with Crippen molar-refractivity contribution in [3.63, 3.8) is 0 Å². The molecule has 26 heavy (non-hydrogen) atoms. The van der Waals surface area contributed by atoms with Gasteiger partial charge in [0.05, 0.1) is 17.0 Å². The molecular formula is C19H25N3O3S. The smallest absolute Gasteiger partial charge is 0.236 e. The zero-order valence-corrected chi connectivity index (χ0v) is 16.1. The lowest BCUT2D eigenvalue weighted by molar-refractivity contribution is -0.135. The van der Waals surface area contributed by atoms with Gasteiger partial charge in [-0.15, -0.1) is 11.3 Å². The molecule has 140 valence electrons. The van der Waals surface area contributed by atoms with Gasteiger partial charge in [0.15, 0.2) is 0 Å². The van der Waals surface area contributed by atoms with Gasteiger partial charge in [-0.3, -0.25) is 9.59 Å². The molecule has 0 unspecified atom stereocenters. The van der Waals surface area contributed by atoms with E-state index in [2.05, 4.69) is 10.3 Å². The standard InChI is InChI=1S/C19H25N3O3S/c1-3-8-20-18(24)14-6-9-22(10-7-14)17(23)12-15-13(2)25-19(21-15)16-5-4-11-26-16/h4-5,11,14H,3,6-10,12H2,1-2H3,(H,20,24). The highest BCUT2D eigenvalue weighted by molar-refractivity contribution is 7.13. The first-order valence-corrected chi connectivity index (χ1v) is 10.0. The molecular weight excluding hydrogens is 350 g/mol. The van der Waals surface area contributed by atoms with Crippen LogP contribution in [0.25, 0.3) is 10.8 Å². The van der Waals surface area contributed by atoms with E-state index in [0.717, 1.165) is 30.7 Å². The summed E-state index contributed by atoms with van der Waals surface area (Å²) in [6.07, 6.45) is 2.63. The van der Waals surface area contributed by atoms with Crippen LogP contribution in [0.5, 0.6) is 0 Å². The van der Waals surface area contributed by atoms with Crippen LogP contribution in [0.1, 0.15) is 37.6 Å². The maximum Gasteiger partial charge on any atom is 0.236 e. The summed E-state index contributed by atoms with van der Waals surface area (Å²) in [6.45, 7) is 5.85. The minimum absolute atomic E-state index is 0.0183. The van der Waals surface area contributed by atoms with Crippen LogP contribution in [0, 0.1) is 12.8 Å². The van der Waals surface area contributed by atoms with Gasteiger partial charge in [0.1, 0.15) is 5.76 Å². The third-order valence-corrected chi connectivity index (χ3v) is 5.57. The number of aromatic nitrogens is 1. The Morgan fingerprint density at radius 1 is 1.38 bits per heavy atom. The van der Waals surface area contributed by atoms with Crippen molar-refractivity contribution >= 4 is 23.2 Å². The first kappa shape index (κ1) is 18.6. The molecule has 1 fully saturated rings. The molecule has 0 saturated carbocycles. The van der Waals surface area contributed by atoms with Crippen molar-refractivity contribution in [3.8, 4) is 10.8 Å². The average Bonchev–Trinajstić information content (AvgIpc) is 3.30. The van der Waals surface area contributed by atoms with E-state index in [0.29, 0.717) is 30.4 Å². The number of amides is 2. The first-order chi connectivity index (χ1) is 12.6. The predicted molar refractivity (Wildman–Crippen MR) is 101 cm³/mol. The van der Waals surface area contributed by atoms with Gasteiger partial charge in [0.2, 0.25) is 17.7 Å². The maximum atomic E-state index is 12.6. The highest BCUT2D eigenvalue weighted by atomic mass is 32.1. The lowest BCUT2D eigenvalue weighted by Crippen LogP contribution is -2.43. The number of piperidine rings is 1. The summed E-state index contributed by atoms with van der Waals surface area (Å²) >= 11 is 1.56. The van der Waals surface area contributed by atoms with E-state index < -0.39 is 0 Å². The zero-order chi connectivity index (χ0) is 18.5. The molecule has 0 atom stereocenters. The number of thiophene rings is 1. The third-order valence-electron chi connectivity index (χ3n) is 4.71. The number of hydrogen-bond acceptors (Lipinski definition) is 5. The SMILES string of the molecule is CCCNC(=O)C1CCN(C(=O)Cc2nc(-c3cccs3)oc2C)CC1. The minimum atomic E-state index is 0.0183. The molecule has 1 N–H and O–H groups in total. The number of oxazole rings is 1. The fraction of sp³-hybridized carbons (Fsp3) is 0.526. The lowest BCUT2D eigenvalue weighted by atomic mass is 9.95. The highest BCUT2D eigenvalue weighted by Crippen LogP contribution is 2.26. The minimum Gasteiger partial charge on any atom is -0.440 e. The monoisotopic (exact) mass is 375 g/mol. The van der Waals surface area contributed by atoms with E-state index in [4.69, 9.17) is 4.42 Å². The van der Waals surface area contributed by atoms with Crippen LogP contribution in [0.4, 0.5) is 0 Å². The van der Waals surface area contributed by atoms with Crippen LogP contribution in [0.2, 0.25) is 0 Å². The topological polar surface area (TPSA) is 75.4 Å². The van der Waals surface area contributed by atoms with Gasteiger partial charge in [-0.1, -0.05) is 13.0 Å². The number of aryl methyl sites for hydroxylation is 1. The van der Waals surface area contributed by atoms with Gasteiger partial charge in [-0.05, 0) is 37.6 Å². The summed E-state index contributed by atoms with van der Waals surface area (Å²) in [6, 6.07) is 3.90. The molecule has 1 aliphatic rings. The van der Waals surface area contributed by atoms with Gasteiger partial charge >= 0.3 is 0 Å². The second-order valence-electron chi connectivity index (χ2n) is 6.62. The van der Waals surface area contributed by atoms with Crippen LogP contribution < -0.4 is 5.32 Å². The summed E-state index contributed by atoms with van der Waals surface area (Å²) in [5.41, 5.74) is 0.696. The van der Waals surface area contributed by atoms with Gasteiger partial charge in [-0.2, -0.15) is 0 Å². The van der Waals surface area contributed by atoms with Crippen LogP contribution in [0.3, 0.4) is 0 Å². The van der Waals surface area contributed by atoms with E-state index in [1.807, 2.05) is 36.3 Å². The number of nitrogens with one attached hydrogen (secondary N) is 1. The van der Waals surface area contributed by atoms with Gasteiger partial charge < -0.3 is 14.6 Å². The quantitative estimate of drug-likeness (QED) is 0.842. The Balaban J connectivity index is 1.54. The fourth-order valence-corrected chi connectivity index (χ4v) is 3.79. The van der Waals surface area contributed by atoms with Crippen molar-refractivity contribution in [2.75, 3.05) is 19.6 Å². The molecule has 3 rings (SSSR count). The molecule has 0 radical (unpaired) electrons. The van der Waals surface area contributed by atoms with Gasteiger partial charge in [-0.25, -0.2) is 4.98 Å². The van der Waals surface area contributed by atoms with Gasteiger partial charge in [0, 0.05) is 25.6 Å². The fourth-order valence-electron chi connectivity index (χ4n) is 3.14. The van der Waals surface area contributed by atoms with Crippen LogP contribution in [0.15, 0.2) is 21.9 Å². The van der Waals surface area contributed by atoms with Crippen LogP contribution >= 0.6 is 11.3 Å². The van der Waals surface area contributed by atoms with Crippen molar-refractivity contribution in [2.24, 2.45) is 5.92 Å². The second-order valence-corrected chi connectivity index (χ2v) is 7.57. The molecule has 0 aromatic carbocycles. The van der Waals surface area contributed by atoms with Crippen LogP contribution in [-0.4, -0.2) is 41.3 Å². The van der Waals surface area contributed by atoms with Gasteiger partial charge in [0.25, 0.3) is 0 Å². The van der Waals surface area contributed by atoms with Crippen molar-refractivity contribution < 1.29 is 14.0 Å². The molecule has 2 amide bonds. The number of carbonyl (C=O) groups is 2. The van der Waals surface area contributed by atoms with Crippen molar-refractivity contribution in [1.82, 2.24) is 15.2 Å². The van der Waals surface area contributed by atoms with Crippen molar-refractivity contribution in [3.05, 3.63) is 29.0 Å². The maximum absolute atomic E-state index is 12.6. The van der Waals surface area contributed by atoms with Crippen molar-refractivity contribution in [1.29, 1.82) is 0 Å². The number of hydrogen-bond donors (Lipinski definition) is 1. The molecule has 0 spiro atoms. The summed E-state index contributed by atoms with van der Waals surface area (Å²) in [5, 5.41) is 4.92. The van der Waals surface area contributed by atoms with E-state index in [1.165, 1.54) is 0 Å². The Kier molecular flexibility index (Phi) is 6.08. The van der Waals surface area contributed by atoms with E-state index in [1.54, 1.807) is 11.3 Å². The van der Waals surface area contributed by atoms with Crippen LogP contribution in [-0.2, 0) is 16.0 Å². The molecule has 1 aliphatic heterocycles. The Morgan fingerprint density at radius 2 is 2.15 bits per heavy atom. The summed E-state index contributed by atoms with van der Waals surface area (Å²) in [4.78, 5) is 32.0. The Bertz CT molecular complexity index is 746. The highest BCUT2D eigenvalue weighted by Gasteiger charge is 2.28. The molecule has 0 aliphatic carbocycles. The molecule has 2 aromatic rings. The number of nitrogens with zero attached hydrogens (tertiary/aromatic N) is 2. The first-order valence-electron chi connectivity index (χ1n) is 9.14. The van der Waals surface area contributed by atoms with Crippen molar-refractivity contribution in [2.45, 2.75) is 39.5 Å². The normalized spacial score (nSPS) is 15.2. The number of carbonyl (C=O) groups excluding carboxylic acids is 2. The summed E-state index contributed by atoms with van der Waals surface area (Å²) < 4.78 is 5.71. The summed E-state index contributed by atoms with van der Waals surface area (Å²) in [7, 11) is 0. The molecule has 1 saturated heterocycles. The molecule has 7 heteroatoms.